The fourth-order valence-corrected chi connectivity index (χ4v) is 8.74. The zero-order valence-electron chi connectivity index (χ0n) is 36.4. The van der Waals surface area contributed by atoms with Gasteiger partial charge in [-0.15, -0.1) is 0 Å². The van der Waals surface area contributed by atoms with Gasteiger partial charge in [-0.05, 0) is 41.5 Å². The van der Waals surface area contributed by atoms with Gasteiger partial charge in [0.15, 0.2) is 34.5 Å². The van der Waals surface area contributed by atoms with Crippen LogP contribution in [0.5, 0.6) is 46.0 Å². The van der Waals surface area contributed by atoms with Crippen molar-refractivity contribution in [3.63, 3.8) is 0 Å². The Morgan fingerprint density at radius 1 is 0.523 bits per heavy atom. The summed E-state index contributed by atoms with van der Waals surface area (Å²) in [5, 5.41) is 92.0. The van der Waals surface area contributed by atoms with E-state index in [2.05, 4.69) is 0 Å². The summed E-state index contributed by atoms with van der Waals surface area (Å²) in [7, 11) is 7.16. The summed E-state index contributed by atoms with van der Waals surface area (Å²) >= 11 is 0. The SMILES string of the molecule is COc1cc([C@H]2OC[C@H]3[C@@H]2CO[C@H]3c2cc(OC)c(O[C@H](CO)Cc3ccc(OC)c(O[C@@H]4O[C@H](CO)[C@@H](O)[C@H](O)[C@H]4O)c3OC)c(OC)c2)ccc1O[C@@H]1O[C@H](CO)[C@@H](O)[C@H](O)[C@H]1O. The van der Waals surface area contributed by atoms with Gasteiger partial charge in [0.25, 0.3) is 0 Å². The van der Waals surface area contributed by atoms with Crippen LogP contribution in [0, 0.1) is 11.8 Å². The van der Waals surface area contributed by atoms with E-state index in [0.717, 1.165) is 11.1 Å². The highest BCUT2D eigenvalue weighted by Gasteiger charge is 2.50. The van der Waals surface area contributed by atoms with E-state index in [1.165, 1.54) is 35.5 Å². The summed E-state index contributed by atoms with van der Waals surface area (Å²) in [6, 6.07) is 12.0. The summed E-state index contributed by atoms with van der Waals surface area (Å²) in [5.41, 5.74) is 1.99. The smallest absolute Gasteiger partial charge is 0.229 e. The van der Waals surface area contributed by atoms with Crippen LogP contribution in [0.3, 0.4) is 0 Å². The highest BCUT2D eigenvalue weighted by molar-refractivity contribution is 5.57. The van der Waals surface area contributed by atoms with E-state index in [0.29, 0.717) is 36.0 Å². The lowest BCUT2D eigenvalue weighted by molar-refractivity contribution is -0.277. The van der Waals surface area contributed by atoms with Crippen molar-refractivity contribution in [2.45, 2.75) is 86.1 Å². The van der Waals surface area contributed by atoms with Crippen LogP contribution >= 0.6 is 0 Å². The average molecular weight is 923 g/mol. The molecule has 0 saturated carbocycles. The summed E-state index contributed by atoms with van der Waals surface area (Å²) in [5.74, 6) is 1.41. The number of benzene rings is 3. The molecular formula is C44H58O21. The van der Waals surface area contributed by atoms with E-state index in [-0.39, 0.29) is 47.0 Å². The molecule has 15 atom stereocenters. The van der Waals surface area contributed by atoms with Gasteiger partial charge in [0, 0.05) is 23.8 Å². The third-order valence-electron chi connectivity index (χ3n) is 12.3. The van der Waals surface area contributed by atoms with E-state index in [9.17, 15) is 46.0 Å². The molecule has 4 aliphatic heterocycles. The highest BCUT2D eigenvalue weighted by atomic mass is 16.7. The summed E-state index contributed by atoms with van der Waals surface area (Å²) < 4.78 is 70.5. The molecule has 360 valence electrons. The first kappa shape index (κ1) is 48.5. The minimum Gasteiger partial charge on any atom is -0.493 e. The molecule has 4 aliphatic rings. The van der Waals surface area contributed by atoms with Gasteiger partial charge in [-0.1, -0.05) is 12.1 Å². The van der Waals surface area contributed by atoms with Gasteiger partial charge in [-0.2, -0.15) is 0 Å². The lowest BCUT2D eigenvalue weighted by Crippen LogP contribution is -2.60. The molecule has 0 amide bonds. The molecule has 4 heterocycles. The molecule has 0 unspecified atom stereocenters. The van der Waals surface area contributed by atoms with E-state index < -0.39 is 99.5 Å². The Balaban J connectivity index is 1.07. The number of rotatable bonds is 18. The first-order valence-corrected chi connectivity index (χ1v) is 21.0. The number of hydrogen-bond donors (Lipinski definition) is 9. The average Bonchev–Trinajstić information content (AvgIpc) is 3.94. The molecule has 21 heteroatoms. The van der Waals surface area contributed by atoms with Crippen molar-refractivity contribution >= 4 is 0 Å². The highest BCUT2D eigenvalue weighted by Crippen LogP contribution is 2.53. The van der Waals surface area contributed by atoms with E-state index >= 15 is 0 Å². The van der Waals surface area contributed by atoms with Gasteiger partial charge >= 0.3 is 0 Å². The van der Waals surface area contributed by atoms with Crippen LogP contribution < -0.4 is 37.9 Å². The Kier molecular flexibility index (Phi) is 15.7. The van der Waals surface area contributed by atoms with Crippen molar-refractivity contribution in [1.29, 1.82) is 0 Å². The zero-order valence-corrected chi connectivity index (χ0v) is 36.4. The summed E-state index contributed by atoms with van der Waals surface area (Å²) in [4.78, 5) is 0. The van der Waals surface area contributed by atoms with Crippen LogP contribution in [0.25, 0.3) is 0 Å². The molecule has 3 aromatic rings. The maximum Gasteiger partial charge on any atom is 0.229 e. The second kappa shape index (κ2) is 21.0. The number of hydrogen-bond acceptors (Lipinski definition) is 21. The monoisotopic (exact) mass is 922 g/mol. The zero-order chi connectivity index (χ0) is 46.7. The molecule has 7 rings (SSSR count). The fourth-order valence-electron chi connectivity index (χ4n) is 8.74. The Bertz CT molecular complexity index is 2020. The second-order valence-corrected chi connectivity index (χ2v) is 16.0. The predicted molar refractivity (Wildman–Crippen MR) is 220 cm³/mol. The molecule has 0 aliphatic carbocycles. The number of aliphatic hydroxyl groups is 9. The molecule has 9 N–H and O–H groups in total. The summed E-state index contributed by atoms with van der Waals surface area (Å²) in [6.07, 6.45) is -16.7. The number of aliphatic hydroxyl groups excluding tert-OH is 9. The van der Waals surface area contributed by atoms with Gasteiger partial charge in [-0.3, -0.25) is 0 Å². The number of methoxy groups -OCH3 is 5. The van der Waals surface area contributed by atoms with Crippen molar-refractivity contribution in [2.75, 3.05) is 68.6 Å². The van der Waals surface area contributed by atoms with Gasteiger partial charge in [-0.25, -0.2) is 0 Å². The molecule has 4 saturated heterocycles. The maximum absolute atomic E-state index is 10.7. The molecule has 0 bridgehead atoms. The standard InChI is InChI=1S/C44H58O21/c1-54-26-9-7-19(40(58-5)42(26)65-44-37(53)35(51)33(49)31(16-47)64-44)10-22(14-45)61-41-28(56-3)12-21(13-29(41)57-4)39-24-18-59-38(23(24)17-60-39)20-6-8-25(27(11-20)55-2)62-43-36(52)34(50)32(48)30(15-46)63-43/h6-9,11-13,22-24,30-39,43-53H,10,14-18H2,1-5H3/t22-,23-,24-,30+,31+,32+,33+,34-,35-,36+,37+,38+,39-,43+,44-/m0/s1. The van der Waals surface area contributed by atoms with Crippen molar-refractivity contribution < 1.29 is 103 Å². The molecule has 65 heavy (non-hydrogen) atoms. The first-order chi connectivity index (χ1) is 31.3. The molecule has 0 aromatic heterocycles. The quantitative estimate of drug-likeness (QED) is 0.0751. The molecule has 3 aromatic carbocycles. The molecule has 0 radical (unpaired) electrons. The normalized spacial score (nSPS) is 32.6. The third kappa shape index (κ3) is 9.57. The Labute approximate surface area is 374 Å². The van der Waals surface area contributed by atoms with Gasteiger partial charge < -0.3 is 103 Å². The topological polar surface area (TPSA) is 293 Å². The Morgan fingerprint density at radius 2 is 1.03 bits per heavy atom. The molecule has 21 nitrogen and oxygen atoms in total. The second-order valence-electron chi connectivity index (χ2n) is 16.0. The Morgan fingerprint density at radius 3 is 1.54 bits per heavy atom. The minimum atomic E-state index is -1.70. The lowest BCUT2D eigenvalue weighted by Gasteiger charge is -2.39. The van der Waals surface area contributed by atoms with Crippen LogP contribution in [0.1, 0.15) is 28.9 Å². The van der Waals surface area contributed by atoms with E-state index in [4.69, 9.17) is 56.8 Å². The molecule has 4 fully saturated rings. The Hall–Kier alpha value is -4.46. The lowest BCUT2D eigenvalue weighted by atomic mass is 9.84. The molecular weight excluding hydrogens is 864 g/mol. The van der Waals surface area contributed by atoms with E-state index in [1.54, 1.807) is 42.5 Å². The third-order valence-corrected chi connectivity index (χ3v) is 12.3. The van der Waals surface area contributed by atoms with E-state index in [1.807, 2.05) is 0 Å². The van der Waals surface area contributed by atoms with Gasteiger partial charge in [0.05, 0.1) is 80.8 Å². The predicted octanol–water partition coefficient (Wildman–Crippen LogP) is -0.855. The minimum absolute atomic E-state index is 0.0157. The molecule has 0 spiro atoms. The van der Waals surface area contributed by atoms with Crippen molar-refractivity contribution in [3.05, 3.63) is 59.2 Å². The van der Waals surface area contributed by atoms with Crippen molar-refractivity contribution in [1.82, 2.24) is 0 Å². The van der Waals surface area contributed by atoms with Crippen LogP contribution in [0.15, 0.2) is 42.5 Å². The number of fused-ring (bicyclic) bond motifs is 1. The fraction of sp³-hybridized carbons (Fsp3) is 0.591. The number of ether oxygens (including phenoxy) is 12. The van der Waals surface area contributed by atoms with Gasteiger partial charge in [0.1, 0.15) is 54.9 Å². The van der Waals surface area contributed by atoms with Crippen LogP contribution in [0.2, 0.25) is 0 Å². The van der Waals surface area contributed by atoms with Crippen molar-refractivity contribution in [2.24, 2.45) is 11.8 Å². The van der Waals surface area contributed by atoms with Crippen LogP contribution in [-0.2, 0) is 25.4 Å². The van der Waals surface area contributed by atoms with Crippen molar-refractivity contribution in [3.8, 4) is 46.0 Å². The van der Waals surface area contributed by atoms with Crippen LogP contribution in [0.4, 0.5) is 0 Å². The maximum atomic E-state index is 10.7. The first-order valence-electron chi connectivity index (χ1n) is 21.0. The van der Waals surface area contributed by atoms with Crippen LogP contribution in [-0.4, -0.2) is 182 Å². The summed E-state index contributed by atoms with van der Waals surface area (Å²) in [6.45, 7) is -1.02. The van der Waals surface area contributed by atoms with Gasteiger partial charge in [0.2, 0.25) is 24.1 Å². The largest absolute Gasteiger partial charge is 0.493 e.